The van der Waals surface area contributed by atoms with Gasteiger partial charge in [0.2, 0.25) is 0 Å². The van der Waals surface area contributed by atoms with Crippen LogP contribution in [0.2, 0.25) is 0 Å². The molecule has 128 valence electrons. The zero-order valence-electron chi connectivity index (χ0n) is 13.2. The van der Waals surface area contributed by atoms with Crippen LogP contribution in [0.1, 0.15) is 5.56 Å². The molecule has 0 aliphatic heterocycles. The smallest absolute Gasteiger partial charge is 0.344 e. The molecule has 0 bridgehead atoms. The monoisotopic (exact) mass is 398 g/mol. The third-order valence-corrected chi connectivity index (χ3v) is 3.74. The molecule has 0 aliphatic rings. The van der Waals surface area contributed by atoms with Gasteiger partial charge < -0.3 is 18.9 Å². The normalized spacial score (nSPS) is 10.2. The lowest BCUT2D eigenvalue weighted by atomic mass is 10.2. The molecule has 0 aromatic heterocycles. The van der Waals surface area contributed by atoms with E-state index in [1.807, 2.05) is 0 Å². The number of esters is 1. The molecule has 2 aromatic carbocycles. The maximum absolute atomic E-state index is 13.0. The Bertz CT molecular complexity index is 720. The molecule has 0 radical (unpaired) electrons. The topological polar surface area (TPSA) is 54.0 Å². The third kappa shape index (κ3) is 4.86. The number of ether oxygens (including phenoxy) is 4. The summed E-state index contributed by atoms with van der Waals surface area (Å²) in [7, 11) is 3.08. The Balaban J connectivity index is 1.91. The van der Waals surface area contributed by atoms with Crippen LogP contribution in [-0.2, 0) is 16.1 Å². The van der Waals surface area contributed by atoms with Gasteiger partial charge in [0, 0.05) is 5.56 Å². The first-order valence-corrected chi connectivity index (χ1v) is 7.77. The SMILES string of the molecule is COc1ccc(OC)c(COC(=O)COc2ccc(F)cc2Br)c1. The fraction of sp³-hybridized carbons (Fsp3) is 0.235. The lowest BCUT2D eigenvalue weighted by Gasteiger charge is -2.12. The van der Waals surface area contributed by atoms with Crippen LogP contribution in [0.15, 0.2) is 40.9 Å². The molecule has 5 nitrogen and oxygen atoms in total. The van der Waals surface area contributed by atoms with Crippen LogP contribution >= 0.6 is 15.9 Å². The van der Waals surface area contributed by atoms with E-state index < -0.39 is 11.8 Å². The average Bonchev–Trinajstić information content (AvgIpc) is 2.58. The fourth-order valence-corrected chi connectivity index (χ4v) is 2.39. The molecule has 0 saturated heterocycles. The van der Waals surface area contributed by atoms with Gasteiger partial charge in [0.1, 0.15) is 29.7 Å². The number of rotatable bonds is 7. The van der Waals surface area contributed by atoms with Crippen molar-refractivity contribution in [2.45, 2.75) is 6.61 Å². The second-order valence-electron chi connectivity index (χ2n) is 4.70. The minimum Gasteiger partial charge on any atom is -0.497 e. The maximum atomic E-state index is 13.0. The zero-order chi connectivity index (χ0) is 17.5. The van der Waals surface area contributed by atoms with Crippen molar-refractivity contribution in [3.8, 4) is 17.2 Å². The summed E-state index contributed by atoms with van der Waals surface area (Å²) >= 11 is 3.16. The predicted octanol–water partition coefficient (Wildman–Crippen LogP) is 3.73. The summed E-state index contributed by atoms with van der Waals surface area (Å²) in [6, 6.07) is 9.13. The van der Waals surface area contributed by atoms with Crippen LogP contribution in [0.5, 0.6) is 17.2 Å². The van der Waals surface area contributed by atoms with Crippen molar-refractivity contribution in [1.29, 1.82) is 0 Å². The minimum absolute atomic E-state index is 0.0210. The Morgan fingerprint density at radius 3 is 2.50 bits per heavy atom. The average molecular weight is 399 g/mol. The van der Waals surface area contributed by atoms with E-state index in [1.54, 1.807) is 25.3 Å². The highest BCUT2D eigenvalue weighted by Gasteiger charge is 2.11. The first kappa shape index (κ1) is 18.1. The van der Waals surface area contributed by atoms with Crippen LogP contribution in [-0.4, -0.2) is 26.8 Å². The van der Waals surface area contributed by atoms with Gasteiger partial charge in [-0.2, -0.15) is 0 Å². The Hall–Kier alpha value is -2.28. The first-order chi connectivity index (χ1) is 11.5. The van der Waals surface area contributed by atoms with Crippen LogP contribution in [0.4, 0.5) is 4.39 Å². The summed E-state index contributed by atoms with van der Waals surface area (Å²) in [6.07, 6.45) is 0. The molecule has 0 spiro atoms. The Morgan fingerprint density at radius 1 is 1.08 bits per heavy atom. The number of methoxy groups -OCH3 is 2. The number of benzene rings is 2. The predicted molar refractivity (Wildman–Crippen MR) is 88.9 cm³/mol. The van der Waals surface area contributed by atoms with Crippen LogP contribution < -0.4 is 14.2 Å². The van der Waals surface area contributed by atoms with E-state index in [0.717, 1.165) is 0 Å². The molecule has 0 amide bonds. The highest BCUT2D eigenvalue weighted by molar-refractivity contribution is 9.10. The highest BCUT2D eigenvalue weighted by Crippen LogP contribution is 2.26. The summed E-state index contributed by atoms with van der Waals surface area (Å²) < 4.78 is 34.2. The lowest BCUT2D eigenvalue weighted by molar-refractivity contribution is -0.147. The number of carbonyl (C=O) groups is 1. The highest BCUT2D eigenvalue weighted by atomic mass is 79.9. The van der Waals surface area contributed by atoms with Gasteiger partial charge in [0.05, 0.1) is 18.7 Å². The molecule has 24 heavy (non-hydrogen) atoms. The first-order valence-electron chi connectivity index (χ1n) is 6.98. The van der Waals surface area contributed by atoms with Crippen molar-refractivity contribution in [3.63, 3.8) is 0 Å². The van der Waals surface area contributed by atoms with Crippen LogP contribution in [0.3, 0.4) is 0 Å². The number of hydrogen-bond acceptors (Lipinski definition) is 5. The van der Waals surface area contributed by atoms with Crippen LogP contribution in [0.25, 0.3) is 0 Å². The van der Waals surface area contributed by atoms with E-state index >= 15 is 0 Å². The van der Waals surface area contributed by atoms with Gasteiger partial charge in [-0.15, -0.1) is 0 Å². The van der Waals surface area contributed by atoms with Gasteiger partial charge >= 0.3 is 5.97 Å². The van der Waals surface area contributed by atoms with Gasteiger partial charge in [-0.3, -0.25) is 0 Å². The number of hydrogen-bond donors (Lipinski definition) is 0. The molecule has 0 saturated carbocycles. The lowest BCUT2D eigenvalue weighted by Crippen LogP contribution is -2.15. The van der Waals surface area contributed by atoms with Gasteiger partial charge in [-0.1, -0.05) is 0 Å². The number of halogens is 2. The second kappa shape index (κ2) is 8.54. The fourth-order valence-electron chi connectivity index (χ4n) is 1.92. The van der Waals surface area contributed by atoms with Crippen molar-refractivity contribution in [2.24, 2.45) is 0 Å². The molecule has 0 unspecified atom stereocenters. The molecule has 7 heteroatoms. The molecular formula is C17H16BrFO5. The zero-order valence-corrected chi connectivity index (χ0v) is 14.8. The molecular weight excluding hydrogens is 383 g/mol. The largest absolute Gasteiger partial charge is 0.497 e. The van der Waals surface area contributed by atoms with Crippen molar-refractivity contribution in [2.75, 3.05) is 20.8 Å². The van der Waals surface area contributed by atoms with Gasteiger partial charge in [0.25, 0.3) is 0 Å². The van der Waals surface area contributed by atoms with Crippen molar-refractivity contribution in [1.82, 2.24) is 0 Å². The van der Waals surface area contributed by atoms with Gasteiger partial charge in [-0.05, 0) is 52.3 Å². The standard InChI is InChI=1S/C17H16BrFO5/c1-21-13-4-6-15(22-2)11(7-13)9-24-17(20)10-23-16-5-3-12(19)8-14(16)18/h3-8H,9-10H2,1-2H3. The molecule has 0 atom stereocenters. The summed E-state index contributed by atoms with van der Waals surface area (Å²) in [6.45, 7) is -0.274. The van der Waals surface area contributed by atoms with Gasteiger partial charge in [0.15, 0.2) is 6.61 Å². The molecule has 0 aliphatic carbocycles. The molecule has 0 N–H and O–H groups in total. The van der Waals surface area contributed by atoms with E-state index in [2.05, 4.69) is 15.9 Å². The quantitative estimate of drug-likeness (QED) is 0.665. The molecule has 2 rings (SSSR count). The third-order valence-electron chi connectivity index (χ3n) is 3.12. The summed E-state index contributed by atoms with van der Waals surface area (Å²) in [4.78, 5) is 11.8. The molecule has 0 fully saturated rings. The van der Waals surface area contributed by atoms with E-state index in [1.165, 1.54) is 25.3 Å². The summed E-state index contributed by atoms with van der Waals surface area (Å²) in [5.74, 6) is 0.615. The van der Waals surface area contributed by atoms with E-state index in [-0.39, 0.29) is 13.2 Å². The maximum Gasteiger partial charge on any atom is 0.344 e. The molecule has 0 heterocycles. The minimum atomic E-state index is -0.559. The van der Waals surface area contributed by atoms with E-state index in [9.17, 15) is 9.18 Å². The van der Waals surface area contributed by atoms with Crippen molar-refractivity contribution < 1.29 is 28.1 Å². The second-order valence-corrected chi connectivity index (χ2v) is 5.56. The Labute approximate surface area is 147 Å². The Kier molecular flexibility index (Phi) is 6.43. The molecule has 2 aromatic rings. The number of carbonyl (C=O) groups excluding carboxylic acids is 1. The van der Waals surface area contributed by atoms with E-state index in [0.29, 0.717) is 27.3 Å². The summed E-state index contributed by atoms with van der Waals surface area (Å²) in [5, 5.41) is 0. The Morgan fingerprint density at radius 2 is 1.83 bits per heavy atom. The van der Waals surface area contributed by atoms with Crippen LogP contribution in [0, 0.1) is 5.82 Å². The van der Waals surface area contributed by atoms with E-state index in [4.69, 9.17) is 18.9 Å². The summed E-state index contributed by atoms with van der Waals surface area (Å²) in [5.41, 5.74) is 0.674. The van der Waals surface area contributed by atoms with Gasteiger partial charge in [-0.25, -0.2) is 9.18 Å². The van der Waals surface area contributed by atoms with Crippen molar-refractivity contribution >= 4 is 21.9 Å². The van der Waals surface area contributed by atoms with Crippen molar-refractivity contribution in [3.05, 3.63) is 52.3 Å².